The van der Waals surface area contributed by atoms with E-state index in [-0.39, 0.29) is 49.6 Å². The van der Waals surface area contributed by atoms with Crippen LogP contribution in [-0.2, 0) is 16.1 Å². The van der Waals surface area contributed by atoms with Crippen LogP contribution in [0.25, 0.3) is 0 Å². The van der Waals surface area contributed by atoms with Crippen molar-refractivity contribution in [3.63, 3.8) is 0 Å². The zero-order valence-electron chi connectivity index (χ0n) is 21.7. The number of nitrogens with two attached hydrogens (primary N) is 1. The fraction of sp³-hybridized carbons (Fsp3) is 0.520. The molecule has 1 heterocycles. The van der Waals surface area contributed by atoms with Crippen LogP contribution in [0.15, 0.2) is 27.8 Å². The van der Waals surface area contributed by atoms with Crippen LogP contribution in [0, 0.1) is 25.7 Å². The van der Waals surface area contributed by atoms with Gasteiger partial charge in [0.2, 0.25) is 5.91 Å². The molecule has 0 atom stereocenters. The Bertz CT molecular complexity index is 1180. The molecule has 0 spiro atoms. The van der Waals surface area contributed by atoms with Gasteiger partial charge in [0.05, 0.1) is 6.54 Å². The van der Waals surface area contributed by atoms with Crippen molar-refractivity contribution in [2.75, 3.05) is 37.4 Å². The predicted molar refractivity (Wildman–Crippen MR) is 137 cm³/mol. The van der Waals surface area contributed by atoms with E-state index in [1.54, 1.807) is 6.07 Å². The number of anilines is 2. The number of nitrogen functional groups attached to an aromatic ring is 1. The first-order chi connectivity index (χ1) is 16.3. The van der Waals surface area contributed by atoms with Crippen molar-refractivity contribution in [3.8, 4) is 5.75 Å². The van der Waals surface area contributed by atoms with Gasteiger partial charge in [0.25, 0.3) is 11.5 Å². The number of likely N-dealkylation sites (N-methyl/N-ethyl adjacent to an activating group) is 1. The molecule has 0 aliphatic rings. The molecular weight excluding hydrogens is 450 g/mol. The van der Waals surface area contributed by atoms with Gasteiger partial charge in [-0.3, -0.25) is 23.9 Å². The minimum Gasteiger partial charge on any atom is -0.484 e. The average molecular weight is 488 g/mol. The van der Waals surface area contributed by atoms with E-state index in [2.05, 4.69) is 4.98 Å². The van der Waals surface area contributed by atoms with Gasteiger partial charge in [0.15, 0.2) is 12.3 Å². The largest absolute Gasteiger partial charge is 0.484 e. The molecule has 1 aromatic carbocycles. The lowest BCUT2D eigenvalue weighted by molar-refractivity contribution is -0.135. The molecule has 192 valence electrons. The number of H-pyrrole nitrogens is 1. The number of carbonyl (C=O) groups excluding carboxylic acids is 2. The van der Waals surface area contributed by atoms with Gasteiger partial charge in [0.1, 0.15) is 11.6 Å². The fourth-order valence-electron chi connectivity index (χ4n) is 3.50. The third-order valence-electron chi connectivity index (χ3n) is 5.52. The van der Waals surface area contributed by atoms with Gasteiger partial charge in [0, 0.05) is 20.1 Å². The molecule has 2 aromatic rings. The SMILES string of the molecule is Cc1ccc(OCC(=O)N(C)CC(=O)N(CC(C)C)c2c(N)n(CC(C)C)c(=O)[nH]c2=O)cc1C. The molecule has 10 heteroatoms. The van der Waals surface area contributed by atoms with E-state index in [9.17, 15) is 19.2 Å². The van der Waals surface area contributed by atoms with Crippen LogP contribution in [0.5, 0.6) is 5.75 Å². The number of rotatable bonds is 10. The molecule has 0 unspecified atom stereocenters. The molecule has 0 saturated heterocycles. The molecule has 0 saturated carbocycles. The number of aryl methyl sites for hydroxylation is 2. The Labute approximate surface area is 205 Å². The van der Waals surface area contributed by atoms with Crippen LogP contribution >= 0.6 is 0 Å². The second-order valence-electron chi connectivity index (χ2n) is 9.68. The molecule has 0 bridgehead atoms. The van der Waals surface area contributed by atoms with Crippen molar-refractivity contribution in [2.24, 2.45) is 11.8 Å². The van der Waals surface area contributed by atoms with Crippen LogP contribution in [-0.4, -0.2) is 53.0 Å². The van der Waals surface area contributed by atoms with Gasteiger partial charge in [-0.25, -0.2) is 4.79 Å². The van der Waals surface area contributed by atoms with Crippen molar-refractivity contribution >= 4 is 23.3 Å². The number of nitrogens with zero attached hydrogens (tertiary/aromatic N) is 3. The van der Waals surface area contributed by atoms with E-state index in [1.807, 2.05) is 53.7 Å². The molecule has 35 heavy (non-hydrogen) atoms. The van der Waals surface area contributed by atoms with Gasteiger partial charge in [-0.15, -0.1) is 0 Å². The standard InChI is InChI=1S/C25H37N5O5/c1-15(2)11-29(22-23(26)30(12-16(3)4)25(34)27-24(22)33)20(31)13-28(7)21(32)14-35-19-9-8-17(5)18(6)10-19/h8-10,15-16H,11-14,26H2,1-7H3,(H,27,33,34). The van der Waals surface area contributed by atoms with Crippen LogP contribution < -0.4 is 26.6 Å². The van der Waals surface area contributed by atoms with Gasteiger partial charge in [-0.2, -0.15) is 0 Å². The Kier molecular flexibility index (Phi) is 9.27. The zero-order valence-corrected chi connectivity index (χ0v) is 21.7. The van der Waals surface area contributed by atoms with E-state index >= 15 is 0 Å². The molecule has 0 aliphatic carbocycles. The first-order valence-electron chi connectivity index (χ1n) is 11.7. The maximum atomic E-state index is 13.3. The number of carbonyl (C=O) groups is 2. The number of hydrogen-bond donors (Lipinski definition) is 2. The smallest absolute Gasteiger partial charge is 0.330 e. The zero-order chi connectivity index (χ0) is 26.4. The Morgan fingerprint density at radius 2 is 1.71 bits per heavy atom. The maximum absolute atomic E-state index is 13.3. The number of aromatic amines is 1. The molecular formula is C25H37N5O5. The van der Waals surface area contributed by atoms with Crippen LogP contribution in [0.4, 0.5) is 11.5 Å². The summed E-state index contributed by atoms with van der Waals surface area (Å²) in [4.78, 5) is 55.7. The van der Waals surface area contributed by atoms with E-state index < -0.39 is 23.1 Å². The predicted octanol–water partition coefficient (Wildman–Crippen LogP) is 1.92. The lowest BCUT2D eigenvalue weighted by Crippen LogP contribution is -2.47. The summed E-state index contributed by atoms with van der Waals surface area (Å²) in [6.45, 7) is 11.5. The average Bonchev–Trinajstić information content (AvgIpc) is 2.75. The molecule has 1 aromatic heterocycles. The Hall–Kier alpha value is -3.56. The van der Waals surface area contributed by atoms with Crippen molar-refractivity contribution in [1.82, 2.24) is 14.5 Å². The van der Waals surface area contributed by atoms with Crippen LogP contribution in [0.2, 0.25) is 0 Å². The number of benzene rings is 1. The van der Waals surface area contributed by atoms with Gasteiger partial charge < -0.3 is 20.3 Å². The second-order valence-corrected chi connectivity index (χ2v) is 9.68. The van der Waals surface area contributed by atoms with E-state index in [0.29, 0.717) is 5.75 Å². The van der Waals surface area contributed by atoms with Crippen molar-refractivity contribution in [2.45, 2.75) is 48.1 Å². The highest BCUT2D eigenvalue weighted by Gasteiger charge is 2.27. The van der Waals surface area contributed by atoms with E-state index in [4.69, 9.17) is 10.5 Å². The van der Waals surface area contributed by atoms with Crippen LogP contribution in [0.3, 0.4) is 0 Å². The van der Waals surface area contributed by atoms with Gasteiger partial charge in [-0.1, -0.05) is 33.8 Å². The minimum atomic E-state index is -0.742. The van der Waals surface area contributed by atoms with Crippen molar-refractivity contribution < 1.29 is 14.3 Å². The first kappa shape index (κ1) is 27.7. The molecule has 0 aliphatic heterocycles. The molecule has 2 rings (SSSR count). The second kappa shape index (κ2) is 11.7. The Balaban J connectivity index is 2.24. The highest BCUT2D eigenvalue weighted by molar-refractivity contribution is 5.98. The molecule has 0 radical (unpaired) electrons. The minimum absolute atomic E-state index is 0.00246. The topological polar surface area (TPSA) is 131 Å². The summed E-state index contributed by atoms with van der Waals surface area (Å²) in [6, 6.07) is 5.54. The third-order valence-corrected chi connectivity index (χ3v) is 5.52. The fourth-order valence-corrected chi connectivity index (χ4v) is 3.50. The molecule has 10 nitrogen and oxygen atoms in total. The number of aromatic nitrogens is 2. The van der Waals surface area contributed by atoms with Gasteiger partial charge >= 0.3 is 5.69 Å². The lowest BCUT2D eigenvalue weighted by atomic mass is 10.1. The van der Waals surface area contributed by atoms with Crippen molar-refractivity contribution in [1.29, 1.82) is 0 Å². The maximum Gasteiger partial charge on any atom is 0.330 e. The quantitative estimate of drug-likeness (QED) is 0.526. The monoisotopic (exact) mass is 487 g/mol. The normalized spacial score (nSPS) is 11.1. The van der Waals surface area contributed by atoms with Gasteiger partial charge in [-0.05, 0) is 48.9 Å². The number of ether oxygens (including phenoxy) is 1. The number of nitrogens with one attached hydrogen (secondary N) is 1. The number of amides is 2. The summed E-state index contributed by atoms with van der Waals surface area (Å²) < 4.78 is 6.85. The Morgan fingerprint density at radius 1 is 1.06 bits per heavy atom. The highest BCUT2D eigenvalue weighted by Crippen LogP contribution is 2.20. The summed E-state index contributed by atoms with van der Waals surface area (Å²) in [6.07, 6.45) is 0. The van der Waals surface area contributed by atoms with E-state index in [0.717, 1.165) is 11.1 Å². The van der Waals surface area contributed by atoms with E-state index in [1.165, 1.54) is 21.4 Å². The molecule has 0 fully saturated rings. The summed E-state index contributed by atoms with van der Waals surface area (Å²) in [5, 5.41) is 0. The van der Waals surface area contributed by atoms with Crippen molar-refractivity contribution in [3.05, 3.63) is 50.2 Å². The first-order valence-corrected chi connectivity index (χ1v) is 11.7. The summed E-state index contributed by atoms with van der Waals surface area (Å²) >= 11 is 0. The summed E-state index contributed by atoms with van der Waals surface area (Å²) in [7, 11) is 1.49. The molecule has 2 amide bonds. The third kappa shape index (κ3) is 7.21. The summed E-state index contributed by atoms with van der Waals surface area (Å²) in [5.41, 5.74) is 6.93. The highest BCUT2D eigenvalue weighted by atomic mass is 16.5. The van der Waals surface area contributed by atoms with Crippen LogP contribution in [0.1, 0.15) is 38.8 Å². The Morgan fingerprint density at radius 3 is 2.29 bits per heavy atom. The number of hydrogen-bond acceptors (Lipinski definition) is 6. The summed E-state index contributed by atoms with van der Waals surface area (Å²) in [5.74, 6) is -0.315. The lowest BCUT2D eigenvalue weighted by Gasteiger charge is -2.28. The molecule has 3 N–H and O–H groups in total.